The van der Waals surface area contributed by atoms with Gasteiger partial charge >= 0.3 is 0 Å². The number of hydrogen-bond acceptors (Lipinski definition) is 2. The summed E-state index contributed by atoms with van der Waals surface area (Å²) < 4.78 is 15.4. The Kier molecular flexibility index (Phi) is 4.24. The van der Waals surface area contributed by atoms with E-state index >= 15 is 0 Å². The van der Waals surface area contributed by atoms with E-state index in [1.54, 1.807) is 4.68 Å². The van der Waals surface area contributed by atoms with E-state index in [2.05, 4.69) is 26.3 Å². The van der Waals surface area contributed by atoms with E-state index in [9.17, 15) is 4.39 Å². The Labute approximate surface area is 118 Å². The summed E-state index contributed by atoms with van der Waals surface area (Å²) in [4.78, 5) is 0. The van der Waals surface area contributed by atoms with Gasteiger partial charge in [-0.05, 0) is 40.0 Å². The summed E-state index contributed by atoms with van der Waals surface area (Å²) in [5.74, 6) is -0.357. The van der Waals surface area contributed by atoms with Crippen LogP contribution in [0, 0.1) is 5.82 Å². The SMILES string of the molecule is Cn1cc(CCNc2c(Cl)cc(F)cc2Br)cn1. The second-order valence-corrected chi connectivity index (χ2v) is 5.21. The van der Waals surface area contributed by atoms with Gasteiger partial charge in [-0.2, -0.15) is 5.10 Å². The van der Waals surface area contributed by atoms with Crippen molar-refractivity contribution in [1.29, 1.82) is 0 Å². The molecule has 96 valence electrons. The third kappa shape index (κ3) is 3.23. The molecule has 3 nitrogen and oxygen atoms in total. The first kappa shape index (κ1) is 13.4. The monoisotopic (exact) mass is 331 g/mol. The highest BCUT2D eigenvalue weighted by molar-refractivity contribution is 9.10. The van der Waals surface area contributed by atoms with Gasteiger partial charge in [0.05, 0.1) is 16.9 Å². The maximum atomic E-state index is 13.0. The van der Waals surface area contributed by atoms with Crippen molar-refractivity contribution in [3.8, 4) is 0 Å². The predicted molar refractivity (Wildman–Crippen MR) is 74.5 cm³/mol. The summed E-state index contributed by atoms with van der Waals surface area (Å²) >= 11 is 9.26. The predicted octanol–water partition coefficient (Wildman–Crippen LogP) is 3.63. The minimum Gasteiger partial charge on any atom is -0.383 e. The number of nitrogens with zero attached hydrogens (tertiary/aromatic N) is 2. The average Bonchev–Trinajstić information content (AvgIpc) is 2.68. The number of rotatable bonds is 4. The van der Waals surface area contributed by atoms with Crippen LogP contribution in [0.15, 0.2) is 29.0 Å². The Morgan fingerprint density at radius 3 is 2.89 bits per heavy atom. The Morgan fingerprint density at radius 2 is 2.28 bits per heavy atom. The number of halogens is 3. The molecule has 2 rings (SSSR count). The molecule has 0 spiro atoms. The molecule has 0 aliphatic carbocycles. The lowest BCUT2D eigenvalue weighted by Gasteiger charge is -2.10. The maximum absolute atomic E-state index is 13.0. The van der Waals surface area contributed by atoms with Crippen molar-refractivity contribution in [2.45, 2.75) is 6.42 Å². The molecule has 1 aromatic carbocycles. The van der Waals surface area contributed by atoms with Gasteiger partial charge in [0.2, 0.25) is 0 Å². The minimum atomic E-state index is -0.357. The lowest BCUT2D eigenvalue weighted by Crippen LogP contribution is -2.05. The van der Waals surface area contributed by atoms with Crippen molar-refractivity contribution in [1.82, 2.24) is 9.78 Å². The second-order valence-electron chi connectivity index (χ2n) is 3.94. The van der Waals surface area contributed by atoms with Gasteiger partial charge in [0.1, 0.15) is 5.82 Å². The lowest BCUT2D eigenvalue weighted by atomic mass is 10.2. The number of aryl methyl sites for hydroxylation is 1. The summed E-state index contributed by atoms with van der Waals surface area (Å²) in [5.41, 5.74) is 1.85. The van der Waals surface area contributed by atoms with E-state index in [4.69, 9.17) is 11.6 Å². The smallest absolute Gasteiger partial charge is 0.125 e. The molecule has 0 aliphatic rings. The Balaban J connectivity index is 1.98. The molecule has 0 aliphatic heterocycles. The van der Waals surface area contributed by atoms with Crippen LogP contribution in [0.4, 0.5) is 10.1 Å². The summed E-state index contributed by atoms with van der Waals surface area (Å²) in [5, 5.41) is 7.65. The lowest BCUT2D eigenvalue weighted by molar-refractivity contribution is 0.627. The topological polar surface area (TPSA) is 29.9 Å². The number of nitrogens with one attached hydrogen (secondary N) is 1. The van der Waals surface area contributed by atoms with E-state index in [-0.39, 0.29) is 5.82 Å². The number of anilines is 1. The number of aromatic nitrogens is 2. The minimum absolute atomic E-state index is 0.357. The van der Waals surface area contributed by atoms with E-state index in [0.29, 0.717) is 21.7 Å². The molecular weight excluding hydrogens is 321 g/mol. The molecule has 0 bridgehead atoms. The van der Waals surface area contributed by atoms with E-state index in [1.165, 1.54) is 12.1 Å². The zero-order chi connectivity index (χ0) is 13.1. The Morgan fingerprint density at radius 1 is 1.50 bits per heavy atom. The number of hydrogen-bond donors (Lipinski definition) is 1. The fourth-order valence-electron chi connectivity index (χ4n) is 1.64. The Bertz CT molecular complexity index is 533. The first-order chi connectivity index (χ1) is 8.56. The maximum Gasteiger partial charge on any atom is 0.125 e. The molecule has 18 heavy (non-hydrogen) atoms. The van der Waals surface area contributed by atoms with Gasteiger partial charge < -0.3 is 5.32 Å². The van der Waals surface area contributed by atoms with Crippen LogP contribution >= 0.6 is 27.5 Å². The van der Waals surface area contributed by atoms with Crippen LogP contribution < -0.4 is 5.32 Å². The summed E-state index contributed by atoms with van der Waals surface area (Å²) in [6.45, 7) is 0.704. The first-order valence-electron chi connectivity index (χ1n) is 5.42. The van der Waals surface area contributed by atoms with Crippen molar-refractivity contribution in [3.05, 3.63) is 45.4 Å². The quantitative estimate of drug-likeness (QED) is 0.926. The zero-order valence-corrected chi connectivity index (χ0v) is 12.1. The summed E-state index contributed by atoms with van der Waals surface area (Å²) in [6.07, 6.45) is 4.61. The summed E-state index contributed by atoms with van der Waals surface area (Å²) in [6, 6.07) is 2.68. The van der Waals surface area contributed by atoms with Crippen LogP contribution in [-0.2, 0) is 13.5 Å². The molecule has 0 radical (unpaired) electrons. The molecule has 1 aromatic heterocycles. The van der Waals surface area contributed by atoms with E-state index < -0.39 is 0 Å². The van der Waals surface area contributed by atoms with Crippen LogP contribution in [0.5, 0.6) is 0 Å². The Hall–Kier alpha value is -1.07. The highest BCUT2D eigenvalue weighted by atomic mass is 79.9. The van der Waals surface area contributed by atoms with Crippen LogP contribution in [0.3, 0.4) is 0 Å². The van der Waals surface area contributed by atoms with Gasteiger partial charge in [0.15, 0.2) is 0 Å². The van der Waals surface area contributed by atoms with Crippen molar-refractivity contribution >= 4 is 33.2 Å². The molecule has 0 saturated heterocycles. The van der Waals surface area contributed by atoms with Gasteiger partial charge in [0, 0.05) is 24.3 Å². The molecule has 0 fully saturated rings. The fourth-order valence-corrected chi connectivity index (χ4v) is 2.60. The van der Waals surface area contributed by atoms with Gasteiger partial charge in [-0.3, -0.25) is 4.68 Å². The highest BCUT2D eigenvalue weighted by Gasteiger charge is 2.07. The van der Waals surface area contributed by atoms with E-state index in [1.807, 2.05) is 19.4 Å². The fraction of sp³-hybridized carbons (Fsp3) is 0.250. The van der Waals surface area contributed by atoms with Crippen molar-refractivity contribution in [3.63, 3.8) is 0 Å². The molecule has 0 saturated carbocycles. The molecule has 1 heterocycles. The molecule has 1 N–H and O–H groups in total. The molecule has 2 aromatic rings. The molecule has 6 heteroatoms. The highest BCUT2D eigenvalue weighted by Crippen LogP contribution is 2.31. The van der Waals surface area contributed by atoms with Crippen LogP contribution in [0.1, 0.15) is 5.56 Å². The van der Waals surface area contributed by atoms with Crippen molar-refractivity contribution < 1.29 is 4.39 Å². The average molecular weight is 333 g/mol. The third-order valence-electron chi connectivity index (χ3n) is 2.48. The molecule has 0 atom stereocenters. The summed E-state index contributed by atoms with van der Waals surface area (Å²) in [7, 11) is 1.88. The van der Waals surface area contributed by atoms with E-state index in [0.717, 1.165) is 12.0 Å². The van der Waals surface area contributed by atoms with Crippen LogP contribution in [0.2, 0.25) is 5.02 Å². The zero-order valence-electron chi connectivity index (χ0n) is 9.75. The molecule has 0 unspecified atom stereocenters. The van der Waals surface area contributed by atoms with Crippen molar-refractivity contribution in [2.75, 3.05) is 11.9 Å². The van der Waals surface area contributed by atoms with Gasteiger partial charge in [-0.25, -0.2) is 4.39 Å². The van der Waals surface area contributed by atoms with Crippen LogP contribution in [0.25, 0.3) is 0 Å². The standard InChI is InChI=1S/C12H12BrClFN3/c1-18-7-8(6-17-18)2-3-16-12-10(13)4-9(15)5-11(12)14/h4-7,16H,2-3H2,1H3. The second kappa shape index (κ2) is 5.71. The van der Waals surface area contributed by atoms with Gasteiger partial charge in [-0.15, -0.1) is 0 Å². The molecular formula is C12H12BrClFN3. The van der Waals surface area contributed by atoms with Crippen molar-refractivity contribution in [2.24, 2.45) is 7.05 Å². The molecule has 0 amide bonds. The first-order valence-corrected chi connectivity index (χ1v) is 6.59. The largest absolute Gasteiger partial charge is 0.383 e. The number of benzene rings is 1. The van der Waals surface area contributed by atoms with Gasteiger partial charge in [-0.1, -0.05) is 11.6 Å². The van der Waals surface area contributed by atoms with Crippen LogP contribution in [-0.4, -0.2) is 16.3 Å². The normalized spacial score (nSPS) is 10.7. The van der Waals surface area contributed by atoms with Gasteiger partial charge in [0.25, 0.3) is 0 Å². The third-order valence-corrected chi connectivity index (χ3v) is 3.40.